The van der Waals surface area contributed by atoms with Gasteiger partial charge in [-0.05, 0) is 55.5 Å². The summed E-state index contributed by atoms with van der Waals surface area (Å²) in [6, 6.07) is 12.0. The van der Waals surface area contributed by atoms with Crippen LogP contribution in [0.3, 0.4) is 0 Å². The summed E-state index contributed by atoms with van der Waals surface area (Å²) >= 11 is 6.23. The summed E-state index contributed by atoms with van der Waals surface area (Å²) in [4.78, 5) is 14.6. The van der Waals surface area contributed by atoms with E-state index in [1.165, 1.54) is 22.5 Å². The molecule has 2 aliphatic rings. The lowest BCUT2D eigenvalue weighted by molar-refractivity contribution is 0.0792. The number of sulfonamides is 1. The highest BCUT2D eigenvalue weighted by Crippen LogP contribution is 2.33. The maximum atomic E-state index is 13.3. The SMILES string of the molecule is O=C(c1cc(S(=O)(=O)N2CCCc3ccccc32)ccc1Cl)N1CCCC1. The topological polar surface area (TPSA) is 57.7 Å². The van der Waals surface area contributed by atoms with Crippen molar-refractivity contribution in [2.24, 2.45) is 0 Å². The quantitative estimate of drug-likeness (QED) is 0.783. The van der Waals surface area contributed by atoms with E-state index < -0.39 is 10.0 Å². The van der Waals surface area contributed by atoms with Gasteiger partial charge in [0, 0.05) is 19.6 Å². The van der Waals surface area contributed by atoms with Gasteiger partial charge in [0.2, 0.25) is 0 Å². The summed E-state index contributed by atoms with van der Waals surface area (Å²) in [6.07, 6.45) is 3.56. The molecule has 0 N–H and O–H groups in total. The lowest BCUT2D eigenvalue weighted by atomic mass is 10.0. The molecule has 2 heterocycles. The number of likely N-dealkylation sites (tertiary alicyclic amines) is 1. The van der Waals surface area contributed by atoms with Crippen molar-refractivity contribution in [1.29, 1.82) is 0 Å². The fraction of sp³-hybridized carbons (Fsp3) is 0.350. The van der Waals surface area contributed by atoms with E-state index in [0.29, 0.717) is 25.3 Å². The second-order valence-corrected chi connectivity index (χ2v) is 9.22. The Morgan fingerprint density at radius 1 is 0.963 bits per heavy atom. The summed E-state index contributed by atoms with van der Waals surface area (Å²) in [5.41, 5.74) is 1.99. The fourth-order valence-corrected chi connectivity index (χ4v) is 5.56. The number of hydrogen-bond acceptors (Lipinski definition) is 3. The first-order valence-corrected chi connectivity index (χ1v) is 11.0. The molecule has 0 bridgehead atoms. The number of para-hydroxylation sites is 1. The molecule has 2 aliphatic heterocycles. The Labute approximate surface area is 164 Å². The summed E-state index contributed by atoms with van der Waals surface area (Å²) < 4.78 is 28.1. The Hall–Kier alpha value is -2.05. The maximum absolute atomic E-state index is 13.3. The van der Waals surface area contributed by atoms with Crippen LogP contribution >= 0.6 is 11.6 Å². The number of carbonyl (C=O) groups excluding carboxylic acids is 1. The molecule has 0 saturated carbocycles. The minimum absolute atomic E-state index is 0.103. The van der Waals surface area contributed by atoms with Crippen LogP contribution in [-0.4, -0.2) is 38.9 Å². The van der Waals surface area contributed by atoms with Crippen molar-refractivity contribution < 1.29 is 13.2 Å². The standard InChI is InChI=1S/C20H21ClN2O3S/c21-18-10-9-16(14-17(18)20(24)22-11-3-4-12-22)27(25,26)23-13-5-7-15-6-1-2-8-19(15)23/h1-2,6,8-10,14H,3-5,7,11-13H2. The van der Waals surface area contributed by atoms with Gasteiger partial charge in [0.1, 0.15) is 0 Å². The van der Waals surface area contributed by atoms with E-state index in [4.69, 9.17) is 11.6 Å². The first kappa shape index (κ1) is 18.3. The van der Waals surface area contributed by atoms with Gasteiger partial charge in [-0.25, -0.2) is 8.42 Å². The monoisotopic (exact) mass is 404 g/mol. The van der Waals surface area contributed by atoms with Crippen molar-refractivity contribution in [3.8, 4) is 0 Å². The van der Waals surface area contributed by atoms with Gasteiger partial charge in [0.25, 0.3) is 15.9 Å². The van der Waals surface area contributed by atoms with Crippen LogP contribution in [0.4, 0.5) is 5.69 Å². The van der Waals surface area contributed by atoms with Crippen molar-refractivity contribution in [3.63, 3.8) is 0 Å². The molecule has 2 aromatic rings. The van der Waals surface area contributed by atoms with Crippen LogP contribution in [0.2, 0.25) is 5.02 Å². The van der Waals surface area contributed by atoms with E-state index in [1.54, 1.807) is 4.90 Å². The number of amides is 1. The van der Waals surface area contributed by atoms with Gasteiger partial charge >= 0.3 is 0 Å². The highest BCUT2D eigenvalue weighted by Gasteiger charge is 2.30. The zero-order valence-electron chi connectivity index (χ0n) is 14.9. The van der Waals surface area contributed by atoms with Gasteiger partial charge in [-0.3, -0.25) is 9.10 Å². The Morgan fingerprint density at radius 3 is 2.48 bits per heavy atom. The molecule has 1 saturated heterocycles. The molecule has 142 valence electrons. The summed E-state index contributed by atoms with van der Waals surface area (Å²) in [7, 11) is -3.77. The van der Waals surface area contributed by atoms with Gasteiger partial charge in [-0.15, -0.1) is 0 Å². The predicted octanol–water partition coefficient (Wildman–Crippen LogP) is 3.72. The highest BCUT2D eigenvalue weighted by molar-refractivity contribution is 7.92. The number of aryl methyl sites for hydroxylation is 1. The number of anilines is 1. The third kappa shape index (κ3) is 3.32. The molecule has 0 aliphatic carbocycles. The smallest absolute Gasteiger partial charge is 0.264 e. The largest absolute Gasteiger partial charge is 0.339 e. The summed E-state index contributed by atoms with van der Waals surface area (Å²) in [6.45, 7) is 1.80. The Morgan fingerprint density at radius 2 is 1.70 bits per heavy atom. The van der Waals surface area contributed by atoms with Gasteiger partial charge in [0.15, 0.2) is 0 Å². The fourth-order valence-electron chi connectivity index (χ4n) is 3.80. The molecule has 27 heavy (non-hydrogen) atoms. The van der Waals surface area contributed by atoms with E-state index in [-0.39, 0.29) is 21.4 Å². The molecule has 1 amide bonds. The predicted molar refractivity (Wildman–Crippen MR) is 106 cm³/mol. The number of fused-ring (bicyclic) bond motifs is 1. The molecular formula is C20H21ClN2O3S. The number of benzene rings is 2. The normalized spacial score (nSPS) is 17.1. The third-order valence-corrected chi connectivity index (χ3v) is 7.36. The zero-order valence-corrected chi connectivity index (χ0v) is 16.5. The second kappa shape index (κ2) is 7.17. The minimum atomic E-state index is -3.77. The van der Waals surface area contributed by atoms with Gasteiger partial charge < -0.3 is 4.90 Å². The molecule has 4 rings (SSSR count). The van der Waals surface area contributed by atoms with E-state index in [0.717, 1.165) is 31.2 Å². The second-order valence-electron chi connectivity index (χ2n) is 6.95. The molecule has 0 spiro atoms. The number of nitrogens with zero attached hydrogens (tertiary/aromatic N) is 2. The van der Waals surface area contributed by atoms with Crippen molar-refractivity contribution in [2.45, 2.75) is 30.6 Å². The van der Waals surface area contributed by atoms with E-state index in [9.17, 15) is 13.2 Å². The first-order valence-electron chi connectivity index (χ1n) is 9.18. The van der Waals surface area contributed by atoms with Crippen LogP contribution in [0.1, 0.15) is 35.2 Å². The molecule has 0 unspecified atom stereocenters. The van der Waals surface area contributed by atoms with Crippen LogP contribution in [0.25, 0.3) is 0 Å². The van der Waals surface area contributed by atoms with Crippen LogP contribution in [0.15, 0.2) is 47.4 Å². The summed E-state index contributed by atoms with van der Waals surface area (Å²) in [5, 5.41) is 0.282. The molecule has 2 aromatic carbocycles. The zero-order chi connectivity index (χ0) is 19.0. The Bertz CT molecular complexity index is 984. The van der Waals surface area contributed by atoms with Gasteiger partial charge in [-0.2, -0.15) is 0 Å². The van der Waals surface area contributed by atoms with Crippen LogP contribution in [0, 0.1) is 0 Å². The van der Waals surface area contributed by atoms with Gasteiger partial charge in [0.05, 0.1) is 21.2 Å². The van der Waals surface area contributed by atoms with Crippen molar-refractivity contribution in [1.82, 2.24) is 4.90 Å². The number of hydrogen-bond donors (Lipinski definition) is 0. The Balaban J connectivity index is 1.73. The van der Waals surface area contributed by atoms with Crippen molar-refractivity contribution >= 4 is 33.2 Å². The lowest BCUT2D eigenvalue weighted by Crippen LogP contribution is -2.35. The average molecular weight is 405 g/mol. The molecule has 0 radical (unpaired) electrons. The third-order valence-electron chi connectivity index (χ3n) is 5.22. The number of rotatable bonds is 3. The molecule has 7 heteroatoms. The van der Waals surface area contributed by atoms with E-state index in [2.05, 4.69) is 0 Å². The van der Waals surface area contributed by atoms with Crippen LogP contribution < -0.4 is 4.31 Å². The first-order chi connectivity index (χ1) is 13.0. The van der Waals surface area contributed by atoms with Crippen molar-refractivity contribution in [2.75, 3.05) is 23.9 Å². The summed E-state index contributed by atoms with van der Waals surface area (Å²) in [5.74, 6) is -0.200. The van der Waals surface area contributed by atoms with Crippen molar-refractivity contribution in [3.05, 3.63) is 58.6 Å². The molecule has 1 fully saturated rings. The highest BCUT2D eigenvalue weighted by atomic mass is 35.5. The molecule has 0 atom stereocenters. The number of halogens is 1. The van der Waals surface area contributed by atoms with E-state index >= 15 is 0 Å². The Kier molecular flexibility index (Phi) is 4.86. The molecule has 5 nitrogen and oxygen atoms in total. The number of carbonyl (C=O) groups is 1. The van der Waals surface area contributed by atoms with Gasteiger partial charge in [-0.1, -0.05) is 29.8 Å². The lowest BCUT2D eigenvalue weighted by Gasteiger charge is -2.30. The average Bonchev–Trinajstić information content (AvgIpc) is 3.22. The molecule has 0 aromatic heterocycles. The van der Waals surface area contributed by atoms with Crippen LogP contribution in [0.5, 0.6) is 0 Å². The minimum Gasteiger partial charge on any atom is -0.339 e. The molecular weight excluding hydrogens is 384 g/mol. The maximum Gasteiger partial charge on any atom is 0.264 e. The van der Waals surface area contributed by atoms with E-state index in [1.807, 2.05) is 24.3 Å². The van der Waals surface area contributed by atoms with Crippen LogP contribution in [-0.2, 0) is 16.4 Å².